The van der Waals surface area contributed by atoms with Gasteiger partial charge in [0.05, 0.1) is 6.26 Å². The monoisotopic (exact) mass is 423 g/mol. The average molecular weight is 424 g/mol. The molecule has 31 heavy (non-hydrogen) atoms. The van der Waals surface area contributed by atoms with Crippen molar-refractivity contribution in [1.29, 1.82) is 0 Å². The summed E-state index contributed by atoms with van der Waals surface area (Å²) in [7, 11) is 0. The maximum atomic E-state index is 10.8. The van der Waals surface area contributed by atoms with Crippen molar-refractivity contribution in [3.8, 4) is 17.2 Å². The van der Waals surface area contributed by atoms with Crippen LogP contribution in [0.1, 0.15) is 30.9 Å². The number of rotatable bonds is 6. The third-order valence-electron chi connectivity index (χ3n) is 6.29. The van der Waals surface area contributed by atoms with Crippen LogP contribution in [0.3, 0.4) is 0 Å². The van der Waals surface area contributed by atoms with Gasteiger partial charge in [-0.3, -0.25) is 4.90 Å². The molecule has 0 amide bonds. The van der Waals surface area contributed by atoms with Gasteiger partial charge in [0.15, 0.2) is 11.5 Å². The number of hydrogen-bond acceptors (Lipinski definition) is 7. The zero-order valence-corrected chi connectivity index (χ0v) is 17.6. The summed E-state index contributed by atoms with van der Waals surface area (Å²) in [6.45, 7) is 5.45. The van der Waals surface area contributed by atoms with Gasteiger partial charge in [0, 0.05) is 49.2 Å². The zero-order chi connectivity index (χ0) is 21.2. The van der Waals surface area contributed by atoms with Gasteiger partial charge in [0.25, 0.3) is 0 Å². The molecule has 0 aliphatic carbocycles. The molecule has 3 heterocycles. The fraction of sp³-hybridized carbons (Fsp3) is 0.417. The quantitative estimate of drug-likeness (QED) is 0.545. The molecule has 0 bridgehead atoms. The van der Waals surface area contributed by atoms with Crippen molar-refractivity contribution in [1.82, 2.24) is 4.90 Å². The van der Waals surface area contributed by atoms with Crippen LogP contribution in [0.2, 0.25) is 0 Å². The predicted octanol–water partition coefficient (Wildman–Crippen LogP) is 3.30. The molecule has 7 heteroatoms. The molecule has 7 nitrogen and oxygen atoms in total. The molecule has 1 saturated heterocycles. The number of fused-ring (bicyclic) bond motifs is 2. The topological polar surface area (TPSA) is 80.4 Å². The number of benzene rings is 2. The Morgan fingerprint density at radius 1 is 0.968 bits per heavy atom. The minimum Gasteiger partial charge on any atom is -0.464 e. The maximum Gasteiger partial charge on any atom is 0.231 e. The van der Waals surface area contributed by atoms with Gasteiger partial charge in [-0.25, -0.2) is 0 Å². The van der Waals surface area contributed by atoms with E-state index >= 15 is 0 Å². The fourth-order valence-electron chi connectivity index (χ4n) is 4.47. The van der Waals surface area contributed by atoms with Gasteiger partial charge < -0.3 is 30.0 Å². The van der Waals surface area contributed by atoms with Gasteiger partial charge in [-0.1, -0.05) is 6.07 Å². The van der Waals surface area contributed by atoms with Crippen LogP contribution in [-0.4, -0.2) is 49.5 Å². The molecular weight excluding hydrogens is 394 g/mol. The van der Waals surface area contributed by atoms with Crippen LogP contribution in [0.4, 0.5) is 11.4 Å². The summed E-state index contributed by atoms with van der Waals surface area (Å²) in [6.07, 6.45) is 3.97. The smallest absolute Gasteiger partial charge is 0.231 e. The molecule has 3 N–H and O–H groups in total. The van der Waals surface area contributed by atoms with Crippen LogP contribution < -0.4 is 24.8 Å². The molecular formula is C24H29N3O4. The van der Waals surface area contributed by atoms with Gasteiger partial charge in [-0.2, -0.15) is 0 Å². The van der Waals surface area contributed by atoms with Crippen LogP contribution >= 0.6 is 0 Å². The lowest BCUT2D eigenvalue weighted by Crippen LogP contribution is -2.46. The van der Waals surface area contributed by atoms with E-state index in [1.807, 2.05) is 24.3 Å². The Kier molecular flexibility index (Phi) is 5.61. The number of nitrogens with two attached hydrogens (primary N) is 1. The molecule has 3 aliphatic rings. The van der Waals surface area contributed by atoms with Gasteiger partial charge in [0.2, 0.25) is 6.79 Å². The highest BCUT2D eigenvalue weighted by Crippen LogP contribution is 2.44. The Labute approximate surface area is 182 Å². The molecule has 5 rings (SSSR count). The normalized spacial score (nSPS) is 20.2. The first-order valence-corrected chi connectivity index (χ1v) is 11.0. The van der Waals surface area contributed by atoms with E-state index in [2.05, 4.69) is 15.9 Å². The van der Waals surface area contributed by atoms with E-state index in [9.17, 15) is 5.11 Å². The summed E-state index contributed by atoms with van der Waals surface area (Å²) in [5, 5.41) is 10.8. The Bertz CT molecular complexity index is 969. The van der Waals surface area contributed by atoms with Crippen molar-refractivity contribution < 1.29 is 19.3 Å². The first-order valence-electron chi connectivity index (χ1n) is 11.0. The van der Waals surface area contributed by atoms with Crippen LogP contribution in [0.5, 0.6) is 17.2 Å². The third kappa shape index (κ3) is 4.29. The van der Waals surface area contributed by atoms with Crippen LogP contribution in [0.15, 0.2) is 48.2 Å². The first kappa shape index (κ1) is 20.0. The number of hydrogen-bond donors (Lipinski definition) is 2. The summed E-state index contributed by atoms with van der Waals surface area (Å²) in [5.41, 5.74) is 9.60. The number of anilines is 2. The largest absolute Gasteiger partial charge is 0.464 e. The Morgan fingerprint density at radius 3 is 2.58 bits per heavy atom. The van der Waals surface area contributed by atoms with Gasteiger partial charge in [-0.15, -0.1) is 0 Å². The van der Waals surface area contributed by atoms with E-state index in [1.54, 1.807) is 12.3 Å². The van der Waals surface area contributed by atoms with Crippen LogP contribution in [0, 0.1) is 0 Å². The number of unbranched alkanes of at least 4 members (excludes halogenated alkanes) is 1. The van der Waals surface area contributed by atoms with Crippen molar-refractivity contribution in [2.24, 2.45) is 0 Å². The van der Waals surface area contributed by atoms with E-state index in [4.69, 9.17) is 19.9 Å². The molecule has 0 spiro atoms. The highest BCUT2D eigenvalue weighted by atomic mass is 16.7. The summed E-state index contributed by atoms with van der Waals surface area (Å²) in [6, 6.07) is 11.7. The fourth-order valence-corrected chi connectivity index (χ4v) is 4.47. The lowest BCUT2D eigenvalue weighted by atomic mass is 9.95. The Hall–Kier alpha value is -2.90. The summed E-state index contributed by atoms with van der Waals surface area (Å²) in [4.78, 5) is 4.91. The third-order valence-corrected chi connectivity index (χ3v) is 6.29. The van der Waals surface area contributed by atoms with Crippen molar-refractivity contribution in [2.45, 2.75) is 25.4 Å². The second kappa shape index (κ2) is 8.69. The van der Waals surface area contributed by atoms with E-state index < -0.39 is 6.10 Å². The van der Waals surface area contributed by atoms with E-state index in [1.165, 1.54) is 5.69 Å². The van der Waals surface area contributed by atoms with Crippen LogP contribution in [-0.2, 0) is 0 Å². The molecule has 0 radical (unpaired) electrons. The first-order chi connectivity index (χ1) is 15.2. The van der Waals surface area contributed by atoms with Crippen molar-refractivity contribution in [3.05, 3.63) is 53.8 Å². The highest BCUT2D eigenvalue weighted by molar-refractivity contribution is 5.56. The minimum atomic E-state index is -0.653. The average Bonchev–Trinajstić information content (AvgIpc) is 3.25. The summed E-state index contributed by atoms with van der Waals surface area (Å²) in [5.74, 6) is 1.97. The molecule has 2 aromatic rings. The van der Waals surface area contributed by atoms with E-state index in [-0.39, 0.29) is 6.79 Å². The number of aliphatic hydroxyl groups excluding tert-OH is 1. The number of aliphatic hydroxyl groups is 1. The highest BCUT2D eigenvalue weighted by Gasteiger charge is 2.27. The second-order valence-corrected chi connectivity index (χ2v) is 8.34. The van der Waals surface area contributed by atoms with Crippen molar-refractivity contribution >= 4 is 11.4 Å². The molecule has 2 aromatic carbocycles. The van der Waals surface area contributed by atoms with Crippen molar-refractivity contribution in [2.75, 3.05) is 50.2 Å². The summed E-state index contributed by atoms with van der Waals surface area (Å²) >= 11 is 0. The zero-order valence-electron chi connectivity index (χ0n) is 17.6. The molecule has 1 fully saturated rings. The Balaban J connectivity index is 1.07. The van der Waals surface area contributed by atoms with Crippen molar-refractivity contribution in [3.63, 3.8) is 0 Å². The summed E-state index contributed by atoms with van der Waals surface area (Å²) < 4.78 is 16.6. The molecule has 3 aliphatic heterocycles. The molecule has 0 aromatic heterocycles. The van der Waals surface area contributed by atoms with Gasteiger partial charge in [-0.05, 0) is 55.6 Å². The lowest BCUT2D eigenvalue weighted by molar-refractivity contribution is 0.173. The van der Waals surface area contributed by atoms with E-state index in [0.717, 1.165) is 68.8 Å². The molecule has 1 unspecified atom stereocenters. The van der Waals surface area contributed by atoms with E-state index in [0.29, 0.717) is 17.2 Å². The SMILES string of the molecule is Nc1cccc(N2CCN(CCCCC3=COc4cc5c(cc4C3O)OCO5)CC2)c1. The number of nitrogen functional groups attached to an aromatic ring is 1. The lowest BCUT2D eigenvalue weighted by Gasteiger charge is -2.36. The van der Waals surface area contributed by atoms with Gasteiger partial charge >= 0.3 is 0 Å². The maximum absolute atomic E-state index is 10.8. The second-order valence-electron chi connectivity index (χ2n) is 8.34. The number of ether oxygens (including phenoxy) is 3. The van der Waals surface area contributed by atoms with Crippen LogP contribution in [0.25, 0.3) is 0 Å². The number of nitrogens with zero attached hydrogens (tertiary/aromatic N) is 2. The minimum absolute atomic E-state index is 0.211. The molecule has 164 valence electrons. The standard InChI is InChI=1S/C24H29N3O4/c25-18-5-3-6-19(12-18)27-10-8-26(9-11-27)7-2-1-4-17-15-29-21-14-23-22(30-16-31-23)13-20(21)24(17)28/h3,5-6,12-15,24,28H,1-2,4,7-11,16,25H2. The molecule has 1 atom stereocenters. The molecule has 0 saturated carbocycles. The predicted molar refractivity (Wildman–Crippen MR) is 120 cm³/mol. The number of piperazine rings is 1. The van der Waals surface area contributed by atoms with Gasteiger partial charge in [0.1, 0.15) is 11.9 Å². The Morgan fingerprint density at radius 2 is 1.77 bits per heavy atom.